The van der Waals surface area contributed by atoms with Gasteiger partial charge in [0.05, 0.1) is 5.56 Å². The smallest absolute Gasteiger partial charge is 0.252 e. The van der Waals surface area contributed by atoms with Crippen LogP contribution in [-0.2, 0) is 0 Å². The van der Waals surface area contributed by atoms with E-state index >= 15 is 0 Å². The number of pyridine rings is 1. The lowest BCUT2D eigenvalue weighted by atomic mass is 10.2. The second-order valence-corrected chi connectivity index (χ2v) is 6.34. The molecule has 140 valence electrons. The zero-order valence-corrected chi connectivity index (χ0v) is 16.1. The molecule has 0 saturated carbocycles. The molecule has 6 nitrogen and oxygen atoms in total. The fourth-order valence-electron chi connectivity index (χ4n) is 2.59. The summed E-state index contributed by atoms with van der Waals surface area (Å²) in [5, 5.41) is 6.14. The monoisotopic (exact) mass is 355 g/mol. The Bertz CT molecular complexity index is 678. The first kappa shape index (κ1) is 19.7. The van der Waals surface area contributed by atoms with Crippen LogP contribution in [0.25, 0.3) is 0 Å². The van der Waals surface area contributed by atoms with Crippen LogP contribution in [0.2, 0.25) is 0 Å². The number of amides is 1. The first-order valence-electron chi connectivity index (χ1n) is 9.04. The summed E-state index contributed by atoms with van der Waals surface area (Å²) in [4.78, 5) is 20.7. The maximum atomic E-state index is 12.1. The van der Waals surface area contributed by atoms with Gasteiger partial charge in [-0.3, -0.25) is 4.79 Å². The normalized spacial score (nSPS) is 10.7. The van der Waals surface area contributed by atoms with Crippen LogP contribution in [0.5, 0.6) is 0 Å². The molecule has 1 heterocycles. The maximum absolute atomic E-state index is 12.1. The van der Waals surface area contributed by atoms with E-state index in [2.05, 4.69) is 46.5 Å². The second-order valence-electron chi connectivity index (χ2n) is 6.34. The van der Waals surface area contributed by atoms with Gasteiger partial charge < -0.3 is 20.4 Å². The van der Waals surface area contributed by atoms with Gasteiger partial charge in [-0.25, -0.2) is 4.98 Å². The predicted octanol–water partition coefficient (Wildman–Crippen LogP) is 2.96. The van der Waals surface area contributed by atoms with Gasteiger partial charge in [0.25, 0.3) is 5.91 Å². The highest BCUT2D eigenvalue weighted by atomic mass is 16.1. The summed E-state index contributed by atoms with van der Waals surface area (Å²) in [5.41, 5.74) is 2.74. The predicted molar refractivity (Wildman–Crippen MR) is 108 cm³/mol. The third kappa shape index (κ3) is 5.74. The van der Waals surface area contributed by atoms with Crippen molar-refractivity contribution in [3.05, 3.63) is 48.2 Å². The number of carbonyl (C=O) groups is 1. The molecule has 0 saturated heterocycles. The first-order valence-corrected chi connectivity index (χ1v) is 9.04. The maximum Gasteiger partial charge on any atom is 0.252 e. The molecule has 2 aromatic rings. The lowest BCUT2D eigenvalue weighted by Crippen LogP contribution is -2.31. The Labute approximate surface area is 156 Å². The highest BCUT2D eigenvalue weighted by Crippen LogP contribution is 2.20. The van der Waals surface area contributed by atoms with E-state index in [4.69, 9.17) is 0 Å². The number of likely N-dealkylation sites (N-methyl/N-ethyl adjacent to an activating group) is 1. The Kier molecular flexibility index (Phi) is 7.41. The molecule has 0 atom stereocenters. The molecule has 2 rings (SSSR count). The molecule has 1 aromatic carbocycles. The van der Waals surface area contributed by atoms with Crippen LogP contribution >= 0.6 is 0 Å². The van der Waals surface area contributed by atoms with Crippen molar-refractivity contribution in [1.82, 2.24) is 15.2 Å². The van der Waals surface area contributed by atoms with Gasteiger partial charge in [0.15, 0.2) is 0 Å². The number of rotatable bonds is 9. The zero-order valence-electron chi connectivity index (χ0n) is 16.1. The van der Waals surface area contributed by atoms with Crippen LogP contribution < -0.4 is 15.5 Å². The molecule has 1 amide bonds. The Morgan fingerprint density at radius 2 is 1.73 bits per heavy atom. The van der Waals surface area contributed by atoms with Gasteiger partial charge in [0, 0.05) is 43.8 Å². The van der Waals surface area contributed by atoms with Gasteiger partial charge >= 0.3 is 0 Å². The standard InChI is InChI=1S/C20H29N5O/c1-5-25(6-2)18-10-8-17(9-11-18)23-19-12-7-16(15-22-19)20(26)21-13-14-24(3)4/h7-12,15H,5-6,13-14H2,1-4H3,(H,21,26)(H,22,23). The van der Waals surface area contributed by atoms with Gasteiger partial charge in [-0.2, -0.15) is 0 Å². The minimum Gasteiger partial charge on any atom is -0.372 e. The second kappa shape index (κ2) is 9.77. The molecule has 2 N–H and O–H groups in total. The average Bonchev–Trinajstić information content (AvgIpc) is 2.64. The van der Waals surface area contributed by atoms with Crippen LogP contribution in [0.4, 0.5) is 17.2 Å². The Balaban J connectivity index is 1.93. The number of hydrogen-bond acceptors (Lipinski definition) is 5. The Morgan fingerprint density at radius 3 is 2.27 bits per heavy atom. The number of benzene rings is 1. The van der Waals surface area contributed by atoms with E-state index in [1.54, 1.807) is 12.3 Å². The van der Waals surface area contributed by atoms with Gasteiger partial charge in [-0.05, 0) is 64.3 Å². The lowest BCUT2D eigenvalue weighted by molar-refractivity contribution is 0.0950. The Morgan fingerprint density at radius 1 is 1.04 bits per heavy atom. The minimum atomic E-state index is -0.102. The largest absolute Gasteiger partial charge is 0.372 e. The summed E-state index contributed by atoms with van der Waals surface area (Å²) in [6.07, 6.45) is 1.59. The molecule has 0 aliphatic carbocycles. The highest BCUT2D eigenvalue weighted by Gasteiger charge is 2.06. The van der Waals surface area contributed by atoms with Crippen molar-refractivity contribution in [1.29, 1.82) is 0 Å². The third-order valence-corrected chi connectivity index (χ3v) is 4.14. The third-order valence-electron chi connectivity index (χ3n) is 4.14. The molecule has 0 aliphatic rings. The molecule has 6 heteroatoms. The molecule has 0 spiro atoms. The van der Waals surface area contributed by atoms with E-state index in [0.717, 1.165) is 25.3 Å². The zero-order chi connectivity index (χ0) is 18.9. The fourth-order valence-corrected chi connectivity index (χ4v) is 2.59. The van der Waals surface area contributed by atoms with Crippen molar-refractivity contribution in [3.8, 4) is 0 Å². The summed E-state index contributed by atoms with van der Waals surface area (Å²) in [6, 6.07) is 11.9. The molecule has 0 unspecified atom stereocenters. The van der Waals surface area contributed by atoms with Gasteiger partial charge in [-0.15, -0.1) is 0 Å². The van der Waals surface area contributed by atoms with E-state index < -0.39 is 0 Å². The van der Waals surface area contributed by atoms with Crippen LogP contribution in [0.15, 0.2) is 42.6 Å². The minimum absolute atomic E-state index is 0.102. The molecule has 0 aliphatic heterocycles. The molecular weight excluding hydrogens is 326 g/mol. The van der Waals surface area contributed by atoms with Crippen molar-refractivity contribution < 1.29 is 4.79 Å². The van der Waals surface area contributed by atoms with Crippen LogP contribution in [0.3, 0.4) is 0 Å². The number of nitrogens with zero attached hydrogens (tertiary/aromatic N) is 3. The molecule has 0 bridgehead atoms. The van der Waals surface area contributed by atoms with Crippen molar-refractivity contribution in [2.75, 3.05) is 50.5 Å². The fraction of sp³-hybridized carbons (Fsp3) is 0.400. The highest BCUT2D eigenvalue weighted by molar-refractivity contribution is 5.94. The molecule has 0 fully saturated rings. The van der Waals surface area contributed by atoms with Gasteiger partial charge in [-0.1, -0.05) is 0 Å². The molecule has 26 heavy (non-hydrogen) atoms. The molecule has 0 radical (unpaired) electrons. The quantitative estimate of drug-likeness (QED) is 0.724. The van der Waals surface area contributed by atoms with Gasteiger partial charge in [0.1, 0.15) is 5.82 Å². The summed E-state index contributed by atoms with van der Waals surface area (Å²) in [5.74, 6) is 0.611. The summed E-state index contributed by atoms with van der Waals surface area (Å²) < 4.78 is 0. The summed E-state index contributed by atoms with van der Waals surface area (Å²) in [6.45, 7) is 7.70. The number of aromatic nitrogens is 1. The van der Waals surface area contributed by atoms with E-state index in [-0.39, 0.29) is 5.91 Å². The Hall–Kier alpha value is -2.60. The number of anilines is 3. The lowest BCUT2D eigenvalue weighted by Gasteiger charge is -2.21. The van der Waals surface area contributed by atoms with E-state index in [9.17, 15) is 4.79 Å². The molecule has 1 aromatic heterocycles. The van der Waals surface area contributed by atoms with E-state index in [1.807, 2.05) is 37.2 Å². The molecular formula is C20H29N5O. The van der Waals surface area contributed by atoms with Crippen LogP contribution in [0.1, 0.15) is 24.2 Å². The summed E-state index contributed by atoms with van der Waals surface area (Å²) in [7, 11) is 3.95. The topological polar surface area (TPSA) is 60.5 Å². The SMILES string of the molecule is CCN(CC)c1ccc(Nc2ccc(C(=O)NCCN(C)C)cn2)cc1. The van der Waals surface area contributed by atoms with Crippen molar-refractivity contribution in [2.24, 2.45) is 0 Å². The van der Waals surface area contributed by atoms with E-state index in [1.165, 1.54) is 5.69 Å². The van der Waals surface area contributed by atoms with Crippen LogP contribution in [0, 0.1) is 0 Å². The summed E-state index contributed by atoms with van der Waals surface area (Å²) >= 11 is 0. The van der Waals surface area contributed by atoms with Crippen molar-refractivity contribution >= 4 is 23.1 Å². The van der Waals surface area contributed by atoms with Crippen molar-refractivity contribution in [2.45, 2.75) is 13.8 Å². The number of hydrogen-bond donors (Lipinski definition) is 2. The average molecular weight is 355 g/mol. The first-order chi connectivity index (χ1) is 12.5. The number of carbonyl (C=O) groups excluding carboxylic acids is 1. The van der Waals surface area contributed by atoms with E-state index in [0.29, 0.717) is 17.9 Å². The van der Waals surface area contributed by atoms with Gasteiger partial charge in [0.2, 0.25) is 0 Å². The number of nitrogens with one attached hydrogen (secondary N) is 2. The van der Waals surface area contributed by atoms with Crippen LogP contribution in [-0.4, -0.2) is 56.1 Å². The van der Waals surface area contributed by atoms with Crippen molar-refractivity contribution in [3.63, 3.8) is 0 Å².